The summed E-state index contributed by atoms with van der Waals surface area (Å²) in [5, 5.41) is 0. The molecule has 19 heavy (non-hydrogen) atoms. The van der Waals surface area contributed by atoms with Crippen molar-refractivity contribution < 1.29 is 0 Å². The molecule has 2 aromatic rings. The van der Waals surface area contributed by atoms with E-state index >= 15 is 0 Å². The second-order valence-electron chi connectivity index (χ2n) is 4.75. The standard InChI is InChI=1S/C15H17BrClNS/c1-11-15(19-10-18-11)6-5-13(9-17)7-12-3-2-4-14(16)8-12/h2-4,8,10,13H,5-7,9H2,1H3. The Balaban J connectivity index is 1.92. The number of nitrogens with zero attached hydrogens (tertiary/aromatic N) is 1. The summed E-state index contributed by atoms with van der Waals surface area (Å²) in [6, 6.07) is 8.48. The number of alkyl halides is 1. The summed E-state index contributed by atoms with van der Waals surface area (Å²) in [4.78, 5) is 5.69. The molecule has 0 saturated heterocycles. The van der Waals surface area contributed by atoms with E-state index in [1.54, 1.807) is 11.3 Å². The average Bonchev–Trinajstić information content (AvgIpc) is 2.80. The summed E-state index contributed by atoms with van der Waals surface area (Å²) in [5.41, 5.74) is 4.44. The Morgan fingerprint density at radius 3 is 2.89 bits per heavy atom. The first-order valence-electron chi connectivity index (χ1n) is 6.38. The molecular formula is C15H17BrClNS. The molecule has 2 rings (SSSR count). The number of hydrogen-bond donors (Lipinski definition) is 0. The van der Waals surface area contributed by atoms with E-state index in [1.807, 2.05) is 5.51 Å². The molecule has 0 amide bonds. The molecule has 0 fully saturated rings. The molecule has 0 spiro atoms. The van der Waals surface area contributed by atoms with Crippen molar-refractivity contribution in [1.82, 2.24) is 4.98 Å². The van der Waals surface area contributed by atoms with Crippen LogP contribution in [0.4, 0.5) is 0 Å². The number of halogens is 2. The summed E-state index contributed by atoms with van der Waals surface area (Å²) >= 11 is 11.4. The van der Waals surface area contributed by atoms with Gasteiger partial charge in [-0.3, -0.25) is 0 Å². The third-order valence-corrected chi connectivity index (χ3v) is 5.18. The Morgan fingerprint density at radius 2 is 2.26 bits per heavy atom. The predicted octanol–water partition coefficient (Wildman–Crippen LogP) is 5.24. The molecule has 0 aliphatic carbocycles. The van der Waals surface area contributed by atoms with Gasteiger partial charge in [0.15, 0.2) is 0 Å². The molecule has 1 unspecified atom stereocenters. The van der Waals surface area contributed by atoms with Gasteiger partial charge in [0.2, 0.25) is 0 Å². The maximum Gasteiger partial charge on any atom is 0.0797 e. The molecule has 4 heteroatoms. The van der Waals surface area contributed by atoms with Gasteiger partial charge in [0.1, 0.15) is 0 Å². The van der Waals surface area contributed by atoms with Crippen LogP contribution in [-0.4, -0.2) is 10.9 Å². The fourth-order valence-electron chi connectivity index (χ4n) is 2.13. The fraction of sp³-hybridized carbons (Fsp3) is 0.400. The first-order valence-corrected chi connectivity index (χ1v) is 8.59. The zero-order chi connectivity index (χ0) is 13.7. The average molecular weight is 359 g/mol. The molecule has 0 radical (unpaired) electrons. The number of aromatic nitrogens is 1. The van der Waals surface area contributed by atoms with Crippen molar-refractivity contribution in [3.05, 3.63) is 50.4 Å². The van der Waals surface area contributed by atoms with Crippen LogP contribution in [0.1, 0.15) is 22.6 Å². The van der Waals surface area contributed by atoms with Gasteiger partial charge in [0.05, 0.1) is 11.2 Å². The number of thiazole rings is 1. The molecule has 0 aliphatic rings. The Morgan fingerprint density at radius 1 is 1.42 bits per heavy atom. The maximum atomic E-state index is 6.11. The lowest BCUT2D eigenvalue weighted by atomic mass is 9.96. The van der Waals surface area contributed by atoms with Gasteiger partial charge in [-0.15, -0.1) is 22.9 Å². The molecule has 1 nitrogen and oxygen atoms in total. The Labute approximate surface area is 132 Å². The zero-order valence-electron chi connectivity index (χ0n) is 10.9. The van der Waals surface area contributed by atoms with Crippen LogP contribution in [0.25, 0.3) is 0 Å². The summed E-state index contributed by atoms with van der Waals surface area (Å²) in [5.74, 6) is 1.24. The van der Waals surface area contributed by atoms with Gasteiger partial charge in [-0.25, -0.2) is 4.98 Å². The second-order valence-corrected chi connectivity index (χ2v) is 6.92. The van der Waals surface area contributed by atoms with Crippen LogP contribution >= 0.6 is 38.9 Å². The van der Waals surface area contributed by atoms with E-state index in [0.29, 0.717) is 11.8 Å². The highest BCUT2D eigenvalue weighted by Gasteiger charge is 2.11. The van der Waals surface area contributed by atoms with Gasteiger partial charge >= 0.3 is 0 Å². The minimum absolute atomic E-state index is 0.525. The van der Waals surface area contributed by atoms with Gasteiger partial charge in [0.25, 0.3) is 0 Å². The topological polar surface area (TPSA) is 12.9 Å². The SMILES string of the molecule is Cc1ncsc1CCC(CCl)Cc1cccc(Br)c1. The normalized spacial score (nSPS) is 12.6. The first kappa shape index (κ1) is 15.0. The quantitative estimate of drug-likeness (QED) is 0.643. The van der Waals surface area contributed by atoms with E-state index < -0.39 is 0 Å². The highest BCUT2D eigenvalue weighted by molar-refractivity contribution is 9.10. The highest BCUT2D eigenvalue weighted by Crippen LogP contribution is 2.22. The molecule has 0 aliphatic heterocycles. The van der Waals surface area contributed by atoms with E-state index in [-0.39, 0.29) is 0 Å². The third-order valence-electron chi connectivity index (χ3n) is 3.26. The van der Waals surface area contributed by atoms with Gasteiger partial charge < -0.3 is 0 Å². The van der Waals surface area contributed by atoms with Gasteiger partial charge in [-0.05, 0) is 49.8 Å². The van der Waals surface area contributed by atoms with Gasteiger partial charge in [0, 0.05) is 15.2 Å². The minimum Gasteiger partial charge on any atom is -0.250 e. The molecule has 1 aromatic carbocycles. The van der Waals surface area contributed by atoms with E-state index in [2.05, 4.69) is 52.1 Å². The number of aryl methyl sites for hydroxylation is 2. The highest BCUT2D eigenvalue weighted by atomic mass is 79.9. The lowest BCUT2D eigenvalue weighted by Gasteiger charge is -2.13. The summed E-state index contributed by atoms with van der Waals surface area (Å²) in [6.45, 7) is 2.08. The Bertz CT molecular complexity index is 526. The third kappa shape index (κ3) is 4.59. The molecule has 0 N–H and O–H groups in total. The maximum absolute atomic E-state index is 6.11. The smallest absolute Gasteiger partial charge is 0.0797 e. The van der Waals surface area contributed by atoms with Crippen molar-refractivity contribution in [3.8, 4) is 0 Å². The summed E-state index contributed by atoms with van der Waals surface area (Å²) < 4.78 is 1.14. The van der Waals surface area contributed by atoms with E-state index in [1.165, 1.54) is 16.1 Å². The van der Waals surface area contributed by atoms with Crippen LogP contribution in [0, 0.1) is 12.8 Å². The Hall–Kier alpha value is -0.380. The van der Waals surface area contributed by atoms with E-state index in [4.69, 9.17) is 11.6 Å². The van der Waals surface area contributed by atoms with Crippen LogP contribution in [0.3, 0.4) is 0 Å². The van der Waals surface area contributed by atoms with Gasteiger partial charge in [-0.1, -0.05) is 28.1 Å². The predicted molar refractivity (Wildman–Crippen MR) is 87.2 cm³/mol. The molecule has 0 saturated carbocycles. The fourth-order valence-corrected chi connectivity index (χ4v) is 3.64. The van der Waals surface area contributed by atoms with Crippen LogP contribution in [0.5, 0.6) is 0 Å². The molecule has 1 aromatic heterocycles. The van der Waals surface area contributed by atoms with Crippen molar-refractivity contribution in [2.24, 2.45) is 5.92 Å². The molecular weight excluding hydrogens is 342 g/mol. The van der Waals surface area contributed by atoms with Crippen molar-refractivity contribution in [1.29, 1.82) is 0 Å². The molecule has 102 valence electrons. The van der Waals surface area contributed by atoms with E-state index in [9.17, 15) is 0 Å². The number of benzene rings is 1. The van der Waals surface area contributed by atoms with Crippen LogP contribution < -0.4 is 0 Å². The zero-order valence-corrected chi connectivity index (χ0v) is 14.1. The molecule has 0 bridgehead atoms. The molecule has 1 atom stereocenters. The second kappa shape index (κ2) is 7.41. The molecule has 1 heterocycles. The largest absolute Gasteiger partial charge is 0.250 e. The van der Waals surface area contributed by atoms with Crippen LogP contribution in [0.2, 0.25) is 0 Å². The van der Waals surface area contributed by atoms with Crippen LogP contribution in [0.15, 0.2) is 34.2 Å². The number of hydrogen-bond acceptors (Lipinski definition) is 2. The van der Waals surface area contributed by atoms with Gasteiger partial charge in [-0.2, -0.15) is 0 Å². The lowest BCUT2D eigenvalue weighted by Crippen LogP contribution is -2.08. The van der Waals surface area contributed by atoms with Crippen LogP contribution in [-0.2, 0) is 12.8 Å². The Kier molecular flexibility index (Phi) is 5.86. The summed E-state index contributed by atoms with van der Waals surface area (Å²) in [7, 11) is 0. The first-order chi connectivity index (χ1) is 9.19. The lowest BCUT2D eigenvalue weighted by molar-refractivity contribution is 0.538. The van der Waals surface area contributed by atoms with Crippen molar-refractivity contribution in [3.63, 3.8) is 0 Å². The monoisotopic (exact) mass is 357 g/mol. The van der Waals surface area contributed by atoms with E-state index in [0.717, 1.165) is 23.7 Å². The van der Waals surface area contributed by atoms with Crippen molar-refractivity contribution in [2.45, 2.75) is 26.2 Å². The van der Waals surface area contributed by atoms with Crippen molar-refractivity contribution in [2.75, 3.05) is 5.88 Å². The van der Waals surface area contributed by atoms with Crippen molar-refractivity contribution >= 4 is 38.9 Å². The number of rotatable bonds is 6. The minimum atomic E-state index is 0.525. The summed E-state index contributed by atoms with van der Waals surface area (Å²) in [6.07, 6.45) is 3.25.